The van der Waals surface area contributed by atoms with Crippen molar-refractivity contribution >= 4 is 33.2 Å². The first kappa shape index (κ1) is 20.6. The zero-order valence-electron chi connectivity index (χ0n) is 15.5. The minimum absolute atomic E-state index is 0.103. The van der Waals surface area contributed by atoms with E-state index in [1.807, 2.05) is 0 Å². The third kappa shape index (κ3) is 5.02. The first-order valence-electron chi connectivity index (χ1n) is 8.91. The van der Waals surface area contributed by atoms with E-state index in [-0.39, 0.29) is 10.8 Å². The Bertz CT molecular complexity index is 909. The lowest BCUT2D eigenvalue weighted by Crippen LogP contribution is -3.15. The predicted octanol–water partition coefficient (Wildman–Crippen LogP) is 0.877. The van der Waals surface area contributed by atoms with Crippen LogP contribution in [0, 0.1) is 0 Å². The molecule has 2 aromatic carbocycles. The lowest BCUT2D eigenvalue weighted by Gasteiger charge is -2.31. The van der Waals surface area contributed by atoms with E-state index in [9.17, 15) is 13.2 Å². The monoisotopic (exact) mass is 424 g/mol. The van der Waals surface area contributed by atoms with Crippen molar-refractivity contribution in [3.05, 3.63) is 53.6 Å². The molecule has 2 N–H and O–H groups in total. The summed E-state index contributed by atoms with van der Waals surface area (Å²) in [5, 5.41) is 3.35. The van der Waals surface area contributed by atoms with E-state index in [0.29, 0.717) is 43.4 Å². The maximum absolute atomic E-state index is 12.7. The number of anilines is 1. The number of carbonyl (C=O) groups excluding carboxylic acids is 1. The molecule has 0 aliphatic carbocycles. The van der Waals surface area contributed by atoms with Crippen LogP contribution in [0.4, 0.5) is 5.69 Å². The first-order valence-corrected chi connectivity index (χ1v) is 10.7. The van der Waals surface area contributed by atoms with Crippen LogP contribution in [0.15, 0.2) is 53.4 Å². The summed E-state index contributed by atoms with van der Waals surface area (Å²) in [6.07, 6.45) is 0. The molecule has 3 rings (SSSR count). The van der Waals surface area contributed by atoms with E-state index in [2.05, 4.69) is 5.32 Å². The number of piperazine rings is 1. The van der Waals surface area contributed by atoms with Gasteiger partial charge >= 0.3 is 0 Å². The average molecular weight is 425 g/mol. The predicted molar refractivity (Wildman–Crippen MR) is 107 cm³/mol. The summed E-state index contributed by atoms with van der Waals surface area (Å²) < 4.78 is 32.0. The Morgan fingerprint density at radius 1 is 1.11 bits per heavy atom. The SMILES string of the molecule is COc1ccc(NC(=O)C[NH+]2CCN(S(=O)(=O)c3ccc(Cl)cc3)CC2)cc1. The molecule has 0 spiro atoms. The van der Waals surface area contributed by atoms with Crippen LogP contribution in [-0.2, 0) is 14.8 Å². The van der Waals surface area contributed by atoms with Crippen molar-refractivity contribution < 1.29 is 22.8 Å². The van der Waals surface area contributed by atoms with E-state index in [4.69, 9.17) is 16.3 Å². The lowest BCUT2D eigenvalue weighted by molar-refractivity contribution is -0.895. The lowest BCUT2D eigenvalue weighted by atomic mass is 10.3. The van der Waals surface area contributed by atoms with Gasteiger partial charge in [0.2, 0.25) is 10.0 Å². The van der Waals surface area contributed by atoms with Crippen LogP contribution in [-0.4, -0.2) is 58.5 Å². The number of amides is 1. The van der Waals surface area contributed by atoms with Crippen molar-refractivity contribution in [2.24, 2.45) is 0 Å². The summed E-state index contributed by atoms with van der Waals surface area (Å²) in [5.74, 6) is 0.621. The van der Waals surface area contributed by atoms with Gasteiger partial charge in [-0.05, 0) is 48.5 Å². The molecule has 1 heterocycles. The van der Waals surface area contributed by atoms with Gasteiger partial charge in [-0.15, -0.1) is 0 Å². The molecular formula is C19H23ClN3O4S+. The van der Waals surface area contributed by atoms with Gasteiger partial charge in [0.15, 0.2) is 6.54 Å². The first-order chi connectivity index (χ1) is 13.4. The largest absolute Gasteiger partial charge is 0.497 e. The summed E-state index contributed by atoms with van der Waals surface area (Å²) >= 11 is 5.83. The third-order valence-corrected chi connectivity index (χ3v) is 6.83. The van der Waals surface area contributed by atoms with Crippen LogP contribution in [0.5, 0.6) is 5.75 Å². The normalized spacial score (nSPS) is 15.9. The molecule has 2 aromatic rings. The highest BCUT2D eigenvalue weighted by molar-refractivity contribution is 7.89. The molecule has 0 bridgehead atoms. The standard InChI is InChI=1S/C19H22ClN3O4S/c1-27-17-6-4-16(5-7-17)21-19(24)14-22-10-12-23(13-11-22)28(25,26)18-8-2-15(20)3-9-18/h2-9H,10-14H2,1H3,(H,21,24)/p+1. The van der Waals surface area contributed by atoms with Gasteiger partial charge in [-0.2, -0.15) is 4.31 Å². The number of carbonyl (C=O) groups is 1. The number of nitrogens with zero attached hydrogens (tertiary/aromatic N) is 1. The number of methoxy groups -OCH3 is 1. The maximum Gasteiger partial charge on any atom is 0.279 e. The molecular weight excluding hydrogens is 402 g/mol. The minimum atomic E-state index is -3.54. The van der Waals surface area contributed by atoms with E-state index >= 15 is 0 Å². The molecule has 0 aromatic heterocycles. The second-order valence-corrected chi connectivity index (χ2v) is 8.94. The Hall–Kier alpha value is -2.13. The topological polar surface area (TPSA) is 80.2 Å². The summed E-state index contributed by atoms with van der Waals surface area (Å²) in [6, 6.07) is 13.3. The van der Waals surface area contributed by atoms with Crippen LogP contribution in [0.2, 0.25) is 5.02 Å². The Kier molecular flexibility index (Phi) is 6.56. The molecule has 0 radical (unpaired) electrons. The number of hydrogen-bond acceptors (Lipinski definition) is 4. The number of quaternary nitrogens is 1. The molecule has 1 fully saturated rings. The highest BCUT2D eigenvalue weighted by Gasteiger charge is 2.31. The molecule has 0 saturated carbocycles. The van der Waals surface area contributed by atoms with Gasteiger partial charge in [-0.25, -0.2) is 8.42 Å². The van der Waals surface area contributed by atoms with Gasteiger partial charge in [-0.1, -0.05) is 11.6 Å². The van der Waals surface area contributed by atoms with Crippen molar-refractivity contribution in [3.8, 4) is 5.75 Å². The van der Waals surface area contributed by atoms with Crippen LogP contribution < -0.4 is 15.0 Å². The van der Waals surface area contributed by atoms with Gasteiger partial charge in [0.05, 0.1) is 38.2 Å². The van der Waals surface area contributed by atoms with Crippen LogP contribution in [0.3, 0.4) is 0 Å². The number of sulfonamides is 1. The summed E-state index contributed by atoms with van der Waals surface area (Å²) in [5.41, 5.74) is 0.703. The van der Waals surface area contributed by atoms with E-state index in [1.54, 1.807) is 43.5 Å². The Morgan fingerprint density at radius 3 is 2.29 bits per heavy atom. The molecule has 28 heavy (non-hydrogen) atoms. The van der Waals surface area contributed by atoms with Crippen LogP contribution in [0.1, 0.15) is 0 Å². The number of benzene rings is 2. The number of rotatable bonds is 6. The molecule has 1 saturated heterocycles. The van der Waals surface area contributed by atoms with Gasteiger partial charge < -0.3 is 15.0 Å². The Labute approximate surface area is 169 Å². The molecule has 9 heteroatoms. The zero-order valence-corrected chi connectivity index (χ0v) is 17.1. The zero-order chi connectivity index (χ0) is 20.1. The molecule has 1 aliphatic heterocycles. The van der Waals surface area contributed by atoms with Crippen LogP contribution >= 0.6 is 11.6 Å². The molecule has 150 valence electrons. The average Bonchev–Trinajstić information content (AvgIpc) is 2.69. The van der Waals surface area contributed by atoms with Gasteiger partial charge in [0, 0.05) is 10.7 Å². The van der Waals surface area contributed by atoms with Crippen molar-refractivity contribution in [1.82, 2.24) is 4.31 Å². The van der Waals surface area contributed by atoms with E-state index in [1.165, 1.54) is 16.4 Å². The number of nitrogens with one attached hydrogen (secondary N) is 2. The number of ether oxygens (including phenoxy) is 1. The fraction of sp³-hybridized carbons (Fsp3) is 0.316. The molecule has 0 unspecified atom stereocenters. The highest BCUT2D eigenvalue weighted by atomic mass is 35.5. The van der Waals surface area contributed by atoms with Crippen LogP contribution in [0.25, 0.3) is 0 Å². The highest BCUT2D eigenvalue weighted by Crippen LogP contribution is 2.18. The molecule has 7 nitrogen and oxygen atoms in total. The molecule has 0 atom stereocenters. The molecule has 1 aliphatic rings. The quantitative estimate of drug-likeness (QED) is 0.721. The number of hydrogen-bond donors (Lipinski definition) is 2. The smallest absolute Gasteiger partial charge is 0.279 e. The van der Waals surface area contributed by atoms with Crippen molar-refractivity contribution in [3.63, 3.8) is 0 Å². The third-order valence-electron chi connectivity index (χ3n) is 4.67. The Morgan fingerprint density at radius 2 is 1.71 bits per heavy atom. The summed E-state index contributed by atoms with van der Waals surface area (Å²) in [4.78, 5) is 13.5. The second-order valence-electron chi connectivity index (χ2n) is 6.56. The summed E-state index contributed by atoms with van der Waals surface area (Å²) in [7, 11) is -1.95. The van der Waals surface area contributed by atoms with Crippen molar-refractivity contribution in [1.29, 1.82) is 0 Å². The van der Waals surface area contributed by atoms with Gasteiger partial charge in [0.25, 0.3) is 5.91 Å². The van der Waals surface area contributed by atoms with E-state index in [0.717, 1.165) is 10.6 Å². The second kappa shape index (κ2) is 8.91. The number of halogens is 1. The fourth-order valence-electron chi connectivity index (χ4n) is 3.08. The van der Waals surface area contributed by atoms with Gasteiger partial charge in [-0.3, -0.25) is 4.79 Å². The molecule has 1 amide bonds. The minimum Gasteiger partial charge on any atom is -0.497 e. The van der Waals surface area contributed by atoms with E-state index < -0.39 is 10.0 Å². The summed E-state index contributed by atoms with van der Waals surface area (Å²) in [6.45, 7) is 2.18. The Balaban J connectivity index is 1.51. The van der Waals surface area contributed by atoms with Gasteiger partial charge in [0.1, 0.15) is 5.75 Å². The fourth-order valence-corrected chi connectivity index (χ4v) is 4.65. The van der Waals surface area contributed by atoms with Crippen molar-refractivity contribution in [2.45, 2.75) is 4.90 Å². The maximum atomic E-state index is 12.7. The van der Waals surface area contributed by atoms with Crippen molar-refractivity contribution in [2.75, 3.05) is 45.2 Å².